The first-order chi connectivity index (χ1) is 11.7. The summed E-state index contributed by atoms with van der Waals surface area (Å²) in [5.74, 6) is 0.328. The number of methoxy groups -OCH3 is 1. The van der Waals surface area contributed by atoms with Crippen molar-refractivity contribution in [3.8, 4) is 5.75 Å². The minimum atomic E-state index is -3.70. The summed E-state index contributed by atoms with van der Waals surface area (Å²) < 4.78 is 32.1. The second-order valence-corrected chi connectivity index (χ2v) is 8.03. The second-order valence-electron chi connectivity index (χ2n) is 5.86. The zero-order valence-electron chi connectivity index (χ0n) is 15.1. The quantitative estimate of drug-likeness (QED) is 0.652. The Labute approximate surface area is 154 Å². The Morgan fingerprint density at radius 2 is 1.92 bits per heavy atom. The molecule has 0 bridgehead atoms. The van der Waals surface area contributed by atoms with Crippen molar-refractivity contribution in [3.63, 3.8) is 0 Å². The number of hydrogen-bond donors (Lipinski definition) is 1. The van der Waals surface area contributed by atoms with Gasteiger partial charge >= 0.3 is 0 Å². The monoisotopic (exact) mass is 391 g/mol. The van der Waals surface area contributed by atoms with Gasteiger partial charge in [-0.15, -0.1) is 0 Å². The largest absolute Gasteiger partial charge is 0.495 e. The molecule has 0 aliphatic carbocycles. The Kier molecular flexibility index (Phi) is 8.64. The van der Waals surface area contributed by atoms with Crippen LogP contribution in [0.5, 0.6) is 5.75 Å². The molecule has 1 N–H and O–H groups in total. The van der Waals surface area contributed by atoms with Gasteiger partial charge in [-0.05, 0) is 45.3 Å². The summed E-state index contributed by atoms with van der Waals surface area (Å²) in [7, 11) is 1.69. The van der Waals surface area contributed by atoms with Crippen molar-refractivity contribution in [1.82, 2.24) is 14.5 Å². The number of nitrogens with one attached hydrogen (secondary N) is 1. The van der Waals surface area contributed by atoms with Gasteiger partial charge in [-0.25, -0.2) is 13.1 Å². The van der Waals surface area contributed by atoms with Crippen LogP contribution in [-0.4, -0.2) is 71.5 Å². The lowest BCUT2D eigenvalue weighted by Crippen LogP contribution is -2.38. The molecule has 1 aromatic rings. The highest BCUT2D eigenvalue weighted by Gasteiger charge is 2.17. The van der Waals surface area contributed by atoms with Gasteiger partial charge in [0.1, 0.15) is 5.75 Å². The number of benzene rings is 1. The molecule has 0 heterocycles. The van der Waals surface area contributed by atoms with Crippen LogP contribution in [0.25, 0.3) is 0 Å². The van der Waals surface area contributed by atoms with Crippen molar-refractivity contribution in [2.24, 2.45) is 0 Å². The average Bonchev–Trinajstić information content (AvgIpc) is 2.52. The summed E-state index contributed by atoms with van der Waals surface area (Å²) in [6, 6.07) is 4.26. The number of carbonyl (C=O) groups excluding carboxylic acids is 1. The van der Waals surface area contributed by atoms with E-state index in [1.807, 2.05) is 19.0 Å². The van der Waals surface area contributed by atoms with Crippen LogP contribution in [0.1, 0.15) is 13.3 Å². The number of carbonyl (C=O) groups is 1. The lowest BCUT2D eigenvalue weighted by Gasteiger charge is -2.22. The molecule has 0 atom stereocenters. The van der Waals surface area contributed by atoms with E-state index in [1.54, 1.807) is 4.90 Å². The van der Waals surface area contributed by atoms with E-state index >= 15 is 0 Å². The third kappa shape index (κ3) is 7.19. The average molecular weight is 392 g/mol. The number of sulfonamides is 1. The molecule has 0 aliphatic rings. The molecule has 0 spiro atoms. The summed E-state index contributed by atoms with van der Waals surface area (Å²) in [5.41, 5.74) is 0. The minimum absolute atomic E-state index is 0.0558. The molecule has 0 radical (unpaired) electrons. The van der Waals surface area contributed by atoms with Gasteiger partial charge < -0.3 is 14.5 Å². The van der Waals surface area contributed by atoms with Crippen molar-refractivity contribution in [1.29, 1.82) is 0 Å². The lowest BCUT2D eigenvalue weighted by atomic mass is 10.3. The molecule has 9 heteroatoms. The van der Waals surface area contributed by atoms with Crippen LogP contribution in [0.15, 0.2) is 23.1 Å². The second kappa shape index (κ2) is 9.96. The van der Waals surface area contributed by atoms with Gasteiger partial charge in [0, 0.05) is 26.6 Å². The van der Waals surface area contributed by atoms with E-state index in [2.05, 4.69) is 4.72 Å². The Morgan fingerprint density at radius 3 is 2.44 bits per heavy atom. The molecular formula is C16H26ClN3O4S. The van der Waals surface area contributed by atoms with Crippen LogP contribution in [0.3, 0.4) is 0 Å². The van der Waals surface area contributed by atoms with Crippen LogP contribution >= 0.6 is 11.6 Å². The molecule has 142 valence electrons. The predicted molar refractivity (Wildman–Crippen MR) is 98.6 cm³/mol. The van der Waals surface area contributed by atoms with Gasteiger partial charge in [0.2, 0.25) is 15.9 Å². The summed E-state index contributed by atoms with van der Waals surface area (Å²) in [6.07, 6.45) is 0.827. The Morgan fingerprint density at radius 1 is 1.24 bits per heavy atom. The molecule has 25 heavy (non-hydrogen) atoms. The maximum Gasteiger partial charge on any atom is 0.240 e. The Balaban J connectivity index is 2.62. The topological polar surface area (TPSA) is 79.0 Å². The normalized spacial score (nSPS) is 11.6. The van der Waals surface area contributed by atoms with E-state index in [4.69, 9.17) is 16.3 Å². The maximum absolute atomic E-state index is 12.3. The lowest BCUT2D eigenvalue weighted by molar-refractivity contribution is -0.128. The number of hydrogen-bond acceptors (Lipinski definition) is 5. The van der Waals surface area contributed by atoms with E-state index < -0.39 is 10.0 Å². The van der Waals surface area contributed by atoms with Crippen LogP contribution in [0, 0.1) is 0 Å². The van der Waals surface area contributed by atoms with E-state index in [0.717, 1.165) is 13.0 Å². The fourth-order valence-corrected chi connectivity index (χ4v) is 3.59. The minimum Gasteiger partial charge on any atom is -0.495 e. The smallest absolute Gasteiger partial charge is 0.240 e. The molecule has 1 aromatic carbocycles. The fraction of sp³-hybridized carbons (Fsp3) is 0.562. The number of rotatable bonds is 10. The van der Waals surface area contributed by atoms with Gasteiger partial charge in [0.15, 0.2) is 0 Å². The first-order valence-electron chi connectivity index (χ1n) is 7.91. The first kappa shape index (κ1) is 21.7. The van der Waals surface area contributed by atoms with Gasteiger partial charge in [-0.1, -0.05) is 11.6 Å². The van der Waals surface area contributed by atoms with E-state index in [1.165, 1.54) is 32.2 Å². The number of amides is 1. The Bertz CT molecular complexity index is 680. The van der Waals surface area contributed by atoms with Crippen molar-refractivity contribution >= 4 is 27.5 Å². The summed E-state index contributed by atoms with van der Waals surface area (Å²) in [6.45, 7) is 3.37. The molecular weight excluding hydrogens is 366 g/mol. The van der Waals surface area contributed by atoms with Crippen LogP contribution in [-0.2, 0) is 14.8 Å². The highest BCUT2D eigenvalue weighted by molar-refractivity contribution is 7.89. The van der Waals surface area contributed by atoms with Crippen molar-refractivity contribution in [2.45, 2.75) is 18.2 Å². The van der Waals surface area contributed by atoms with E-state index in [9.17, 15) is 13.2 Å². The van der Waals surface area contributed by atoms with Crippen molar-refractivity contribution in [3.05, 3.63) is 23.2 Å². The maximum atomic E-state index is 12.3. The summed E-state index contributed by atoms with van der Waals surface area (Å²) in [5, 5.41) is 0.222. The third-order valence-corrected chi connectivity index (χ3v) is 5.34. The van der Waals surface area contributed by atoms with E-state index in [0.29, 0.717) is 18.8 Å². The fourth-order valence-electron chi connectivity index (χ4n) is 2.22. The van der Waals surface area contributed by atoms with Gasteiger partial charge in [-0.2, -0.15) is 0 Å². The molecule has 0 aromatic heterocycles. The third-order valence-electron chi connectivity index (χ3n) is 3.59. The molecule has 0 saturated heterocycles. The molecule has 0 fully saturated rings. The molecule has 1 rings (SSSR count). The van der Waals surface area contributed by atoms with Crippen molar-refractivity contribution in [2.75, 3.05) is 47.4 Å². The predicted octanol–water partition coefficient (Wildman–Crippen LogP) is 1.43. The number of ether oxygens (including phenoxy) is 1. The highest BCUT2D eigenvalue weighted by atomic mass is 35.5. The SMILES string of the molecule is COc1ccc(S(=O)(=O)NCCN(CCCN(C)C)C(C)=O)cc1Cl. The van der Waals surface area contributed by atoms with Gasteiger partial charge in [-0.3, -0.25) is 4.79 Å². The molecule has 0 unspecified atom stereocenters. The number of nitrogens with zero attached hydrogens (tertiary/aromatic N) is 2. The van der Waals surface area contributed by atoms with Crippen LogP contribution in [0.2, 0.25) is 5.02 Å². The number of halogens is 1. The molecule has 0 saturated carbocycles. The molecule has 1 amide bonds. The van der Waals surface area contributed by atoms with Crippen LogP contribution in [0.4, 0.5) is 0 Å². The highest BCUT2D eigenvalue weighted by Crippen LogP contribution is 2.26. The summed E-state index contributed by atoms with van der Waals surface area (Å²) in [4.78, 5) is 15.4. The summed E-state index contributed by atoms with van der Waals surface area (Å²) >= 11 is 5.97. The van der Waals surface area contributed by atoms with Gasteiger partial charge in [0.25, 0.3) is 0 Å². The Hall–Kier alpha value is -1.35. The molecule has 0 aliphatic heterocycles. The van der Waals surface area contributed by atoms with Crippen LogP contribution < -0.4 is 9.46 Å². The van der Waals surface area contributed by atoms with Gasteiger partial charge in [0.05, 0.1) is 17.0 Å². The first-order valence-corrected chi connectivity index (χ1v) is 9.77. The molecule has 7 nitrogen and oxygen atoms in total. The zero-order chi connectivity index (χ0) is 19.0. The van der Waals surface area contributed by atoms with E-state index in [-0.39, 0.29) is 22.4 Å². The standard InChI is InChI=1S/C16H26ClN3O4S/c1-13(21)20(10-5-9-19(2)3)11-8-18-25(22,23)14-6-7-16(24-4)15(17)12-14/h6-7,12,18H,5,8-11H2,1-4H3. The van der Waals surface area contributed by atoms with Crippen molar-refractivity contribution < 1.29 is 17.9 Å². The zero-order valence-corrected chi connectivity index (χ0v) is 16.7.